The number of halogens is 1. The van der Waals surface area contributed by atoms with Gasteiger partial charge in [-0.2, -0.15) is 5.10 Å². The average Bonchev–Trinajstić information content (AvgIpc) is 2.70. The highest BCUT2D eigenvalue weighted by Crippen LogP contribution is 2.15. The van der Waals surface area contributed by atoms with E-state index < -0.39 is 5.97 Å². The van der Waals surface area contributed by atoms with Crippen molar-refractivity contribution in [3.8, 4) is 5.75 Å². The summed E-state index contributed by atoms with van der Waals surface area (Å²) in [7, 11) is 0. The van der Waals surface area contributed by atoms with Gasteiger partial charge in [-0.05, 0) is 73.2 Å². The van der Waals surface area contributed by atoms with Crippen molar-refractivity contribution in [1.82, 2.24) is 5.43 Å². The maximum absolute atomic E-state index is 12.1. The van der Waals surface area contributed by atoms with Gasteiger partial charge in [-0.25, -0.2) is 10.2 Å². The van der Waals surface area contributed by atoms with E-state index in [1.165, 1.54) is 6.21 Å². The van der Waals surface area contributed by atoms with E-state index in [1.807, 2.05) is 19.1 Å². The summed E-state index contributed by atoms with van der Waals surface area (Å²) in [6, 6.07) is 21.0. The Kier molecular flexibility index (Phi) is 6.34. The number of nitrogens with one attached hydrogen (secondary N) is 1. The second kappa shape index (κ2) is 9.10. The van der Waals surface area contributed by atoms with Crippen LogP contribution in [0.5, 0.6) is 5.75 Å². The van der Waals surface area contributed by atoms with Gasteiger partial charge >= 0.3 is 5.97 Å². The molecule has 1 amide bonds. The number of ether oxygens (including phenoxy) is 1. The topological polar surface area (TPSA) is 67.8 Å². The lowest BCUT2D eigenvalue weighted by atomic mass is 10.1. The molecule has 0 atom stereocenters. The molecular formula is C22H17BrN2O3. The van der Waals surface area contributed by atoms with Crippen LogP contribution >= 0.6 is 15.9 Å². The number of nitrogens with zero attached hydrogens (tertiary/aromatic N) is 1. The lowest BCUT2D eigenvalue weighted by molar-refractivity contribution is 0.0734. The molecule has 0 saturated carbocycles. The fourth-order valence-corrected chi connectivity index (χ4v) is 2.57. The van der Waals surface area contributed by atoms with Gasteiger partial charge in [0.05, 0.1) is 11.8 Å². The van der Waals surface area contributed by atoms with Crippen molar-refractivity contribution in [3.05, 3.63) is 99.5 Å². The first-order chi connectivity index (χ1) is 13.5. The number of rotatable bonds is 5. The van der Waals surface area contributed by atoms with E-state index in [0.717, 1.165) is 15.6 Å². The lowest BCUT2D eigenvalue weighted by Gasteiger charge is -2.05. The fourth-order valence-electron chi connectivity index (χ4n) is 2.31. The predicted octanol–water partition coefficient (Wildman–Crippen LogP) is 4.74. The van der Waals surface area contributed by atoms with Gasteiger partial charge in [0.15, 0.2) is 0 Å². The molecule has 0 bridgehead atoms. The normalized spacial score (nSPS) is 10.6. The number of carbonyl (C=O) groups is 2. The van der Waals surface area contributed by atoms with E-state index in [9.17, 15) is 9.59 Å². The predicted molar refractivity (Wildman–Crippen MR) is 112 cm³/mol. The molecule has 0 aromatic heterocycles. The fraction of sp³-hybridized carbons (Fsp3) is 0.0455. The van der Waals surface area contributed by atoms with Crippen LogP contribution in [0.1, 0.15) is 31.8 Å². The molecule has 0 radical (unpaired) electrons. The highest BCUT2D eigenvalue weighted by molar-refractivity contribution is 9.10. The third-order valence-electron chi connectivity index (χ3n) is 3.86. The van der Waals surface area contributed by atoms with Crippen LogP contribution in [0.3, 0.4) is 0 Å². The van der Waals surface area contributed by atoms with E-state index in [-0.39, 0.29) is 5.91 Å². The molecule has 3 aromatic rings. The van der Waals surface area contributed by atoms with Crippen LogP contribution in [-0.2, 0) is 0 Å². The quantitative estimate of drug-likeness (QED) is 0.271. The Morgan fingerprint density at radius 2 is 1.50 bits per heavy atom. The van der Waals surface area contributed by atoms with E-state index in [0.29, 0.717) is 16.9 Å². The number of hydrogen-bond acceptors (Lipinski definition) is 4. The van der Waals surface area contributed by atoms with Gasteiger partial charge in [0.25, 0.3) is 5.91 Å². The van der Waals surface area contributed by atoms with Gasteiger partial charge in [-0.15, -0.1) is 0 Å². The molecule has 5 nitrogen and oxygen atoms in total. The zero-order valence-electron chi connectivity index (χ0n) is 15.1. The van der Waals surface area contributed by atoms with Crippen LogP contribution in [-0.4, -0.2) is 18.1 Å². The monoisotopic (exact) mass is 436 g/mol. The number of esters is 1. The Bertz CT molecular complexity index is 995. The highest BCUT2D eigenvalue weighted by atomic mass is 79.9. The molecule has 0 saturated heterocycles. The SMILES string of the molecule is Cc1ccc(C(=O)N/N=C\c2ccc(OC(=O)c3ccc(Br)cc3)cc2)cc1. The molecule has 0 unspecified atom stereocenters. The van der Waals surface area contributed by atoms with Crippen LogP contribution < -0.4 is 10.2 Å². The minimum Gasteiger partial charge on any atom is -0.423 e. The first-order valence-electron chi connectivity index (χ1n) is 8.49. The Balaban J connectivity index is 1.55. The van der Waals surface area contributed by atoms with Crippen molar-refractivity contribution in [2.75, 3.05) is 0 Å². The van der Waals surface area contributed by atoms with Crippen molar-refractivity contribution < 1.29 is 14.3 Å². The van der Waals surface area contributed by atoms with E-state index in [1.54, 1.807) is 60.7 Å². The minimum atomic E-state index is -0.431. The highest BCUT2D eigenvalue weighted by Gasteiger charge is 2.08. The van der Waals surface area contributed by atoms with Crippen molar-refractivity contribution >= 4 is 34.0 Å². The average molecular weight is 437 g/mol. The summed E-state index contributed by atoms with van der Waals surface area (Å²) in [6.45, 7) is 1.96. The molecule has 0 spiro atoms. The summed E-state index contributed by atoms with van der Waals surface area (Å²) >= 11 is 3.32. The molecule has 3 aromatic carbocycles. The molecular weight excluding hydrogens is 420 g/mol. The van der Waals surface area contributed by atoms with Crippen LogP contribution in [0.15, 0.2) is 82.4 Å². The number of amides is 1. The second-order valence-corrected chi connectivity index (χ2v) is 6.95. The maximum Gasteiger partial charge on any atom is 0.343 e. The minimum absolute atomic E-state index is 0.281. The van der Waals surface area contributed by atoms with Gasteiger partial charge in [-0.3, -0.25) is 4.79 Å². The molecule has 0 aliphatic rings. The standard InChI is InChI=1S/C22H17BrN2O3/c1-15-2-6-17(7-3-15)21(26)25-24-14-16-4-12-20(13-5-16)28-22(27)18-8-10-19(23)11-9-18/h2-14H,1H3,(H,25,26)/b24-14-. The maximum atomic E-state index is 12.1. The van der Waals surface area contributed by atoms with Gasteiger partial charge in [0, 0.05) is 10.0 Å². The first-order valence-corrected chi connectivity index (χ1v) is 9.28. The van der Waals surface area contributed by atoms with Gasteiger partial charge in [-0.1, -0.05) is 33.6 Å². The third-order valence-corrected chi connectivity index (χ3v) is 4.39. The Morgan fingerprint density at radius 3 is 2.14 bits per heavy atom. The Morgan fingerprint density at radius 1 is 0.893 bits per heavy atom. The molecule has 0 aliphatic carbocycles. The van der Waals surface area contributed by atoms with Crippen molar-refractivity contribution in [2.45, 2.75) is 6.92 Å². The lowest BCUT2D eigenvalue weighted by Crippen LogP contribution is -2.17. The van der Waals surface area contributed by atoms with Crippen LogP contribution in [0.25, 0.3) is 0 Å². The molecule has 1 N–H and O–H groups in total. The summed E-state index contributed by atoms with van der Waals surface area (Å²) in [5, 5.41) is 3.95. The summed E-state index contributed by atoms with van der Waals surface area (Å²) < 4.78 is 6.23. The van der Waals surface area contributed by atoms with Crippen molar-refractivity contribution in [1.29, 1.82) is 0 Å². The Labute approximate surface area is 171 Å². The summed E-state index contributed by atoms with van der Waals surface area (Å²) in [5.41, 5.74) is 5.33. The summed E-state index contributed by atoms with van der Waals surface area (Å²) in [4.78, 5) is 24.1. The van der Waals surface area contributed by atoms with E-state index in [2.05, 4.69) is 26.5 Å². The largest absolute Gasteiger partial charge is 0.423 e. The van der Waals surface area contributed by atoms with E-state index >= 15 is 0 Å². The Hall–Kier alpha value is -3.25. The number of carbonyl (C=O) groups excluding carboxylic acids is 2. The van der Waals surface area contributed by atoms with Crippen molar-refractivity contribution in [2.24, 2.45) is 5.10 Å². The molecule has 28 heavy (non-hydrogen) atoms. The second-order valence-electron chi connectivity index (χ2n) is 6.03. The van der Waals surface area contributed by atoms with Crippen LogP contribution in [0.4, 0.5) is 0 Å². The first kappa shape index (κ1) is 19.5. The number of hydrazone groups is 1. The smallest absolute Gasteiger partial charge is 0.343 e. The van der Waals surface area contributed by atoms with Gasteiger partial charge in [0.2, 0.25) is 0 Å². The zero-order chi connectivity index (χ0) is 19.9. The number of hydrogen-bond donors (Lipinski definition) is 1. The number of benzene rings is 3. The summed E-state index contributed by atoms with van der Waals surface area (Å²) in [6.07, 6.45) is 1.52. The molecule has 0 aliphatic heterocycles. The van der Waals surface area contributed by atoms with Gasteiger partial charge in [0.1, 0.15) is 5.75 Å². The molecule has 3 rings (SSSR count). The molecule has 140 valence electrons. The third kappa shape index (κ3) is 5.37. The van der Waals surface area contributed by atoms with Crippen molar-refractivity contribution in [3.63, 3.8) is 0 Å². The molecule has 0 fully saturated rings. The zero-order valence-corrected chi connectivity index (χ0v) is 16.6. The summed E-state index contributed by atoms with van der Waals surface area (Å²) in [5.74, 6) is -0.288. The molecule has 0 heterocycles. The van der Waals surface area contributed by atoms with Crippen LogP contribution in [0.2, 0.25) is 0 Å². The van der Waals surface area contributed by atoms with Crippen LogP contribution in [0, 0.1) is 6.92 Å². The molecule has 6 heteroatoms. The number of aryl methyl sites for hydroxylation is 1. The van der Waals surface area contributed by atoms with E-state index in [4.69, 9.17) is 4.74 Å². The van der Waals surface area contributed by atoms with Gasteiger partial charge < -0.3 is 4.74 Å².